The van der Waals surface area contributed by atoms with Gasteiger partial charge < -0.3 is 10.6 Å². The van der Waals surface area contributed by atoms with E-state index in [9.17, 15) is 13.2 Å². The summed E-state index contributed by atoms with van der Waals surface area (Å²) in [6.07, 6.45) is -1.92. The van der Waals surface area contributed by atoms with Gasteiger partial charge in [0.1, 0.15) is 11.4 Å². The first kappa shape index (κ1) is 16.6. The zero-order valence-electron chi connectivity index (χ0n) is 13.8. The summed E-state index contributed by atoms with van der Waals surface area (Å²) in [5.74, 6) is 0.0181. The lowest BCUT2D eigenvalue weighted by Crippen LogP contribution is -2.16. The summed E-state index contributed by atoms with van der Waals surface area (Å²) in [7, 11) is 0. The summed E-state index contributed by atoms with van der Waals surface area (Å²) < 4.78 is 39.4. The van der Waals surface area contributed by atoms with Crippen LogP contribution in [-0.2, 0) is 12.7 Å². The van der Waals surface area contributed by atoms with Crippen molar-refractivity contribution in [1.29, 1.82) is 0 Å². The average Bonchev–Trinajstić information content (AvgIpc) is 3.43. The van der Waals surface area contributed by atoms with Gasteiger partial charge in [-0.15, -0.1) is 0 Å². The Morgan fingerprint density at radius 2 is 1.81 bits per heavy atom. The number of halogens is 3. The van der Waals surface area contributed by atoms with Gasteiger partial charge in [-0.05, 0) is 29.2 Å². The van der Waals surface area contributed by atoms with Crippen LogP contribution in [-0.4, -0.2) is 16.0 Å². The Morgan fingerprint density at radius 1 is 1.04 bits per heavy atom. The van der Waals surface area contributed by atoms with Gasteiger partial charge >= 0.3 is 6.18 Å². The number of alkyl halides is 3. The summed E-state index contributed by atoms with van der Waals surface area (Å²) in [6.45, 7) is 0.426. The minimum atomic E-state index is -4.48. The fourth-order valence-electron chi connectivity index (χ4n) is 2.83. The molecule has 0 saturated heterocycles. The van der Waals surface area contributed by atoms with E-state index in [1.54, 1.807) is 0 Å². The van der Waals surface area contributed by atoms with E-state index < -0.39 is 11.7 Å². The molecular weight excluding hydrogens is 341 g/mol. The molecule has 134 valence electrons. The second-order valence-electron chi connectivity index (χ2n) is 6.36. The zero-order valence-corrected chi connectivity index (χ0v) is 13.8. The summed E-state index contributed by atoms with van der Waals surface area (Å²) in [5, 5.41) is 8.08. The third-order valence-electron chi connectivity index (χ3n) is 4.33. The molecule has 1 aliphatic rings. The second-order valence-corrected chi connectivity index (χ2v) is 6.36. The maximum absolute atomic E-state index is 13.1. The number of hydrogen-bond acceptors (Lipinski definition) is 4. The van der Waals surface area contributed by atoms with Crippen LogP contribution < -0.4 is 10.6 Å². The Bertz CT molecular complexity index is 930. The smallest absolute Gasteiger partial charge is 0.367 e. The summed E-state index contributed by atoms with van der Waals surface area (Å²) in [4.78, 5) is 7.91. The predicted octanol–water partition coefficient (Wildman–Crippen LogP) is 4.84. The summed E-state index contributed by atoms with van der Waals surface area (Å²) in [6, 6.07) is 14.0. The molecule has 4 nitrogen and oxygen atoms in total. The molecule has 1 saturated carbocycles. The van der Waals surface area contributed by atoms with E-state index in [1.807, 2.05) is 42.5 Å². The van der Waals surface area contributed by atoms with Crippen molar-refractivity contribution in [3.05, 3.63) is 59.8 Å². The van der Waals surface area contributed by atoms with Crippen LogP contribution in [0, 0.1) is 0 Å². The molecule has 0 spiro atoms. The number of nitrogens with one attached hydrogen (secondary N) is 2. The van der Waals surface area contributed by atoms with Gasteiger partial charge in [0.05, 0.1) is 0 Å². The molecule has 2 N–H and O–H groups in total. The molecule has 0 unspecified atom stereocenters. The molecule has 1 heterocycles. The molecule has 3 aromatic rings. The van der Waals surface area contributed by atoms with Crippen LogP contribution in [0.25, 0.3) is 10.8 Å². The quantitative estimate of drug-likeness (QED) is 0.686. The van der Waals surface area contributed by atoms with E-state index in [0.717, 1.165) is 35.4 Å². The second kappa shape index (κ2) is 6.48. The van der Waals surface area contributed by atoms with Crippen molar-refractivity contribution in [3.63, 3.8) is 0 Å². The van der Waals surface area contributed by atoms with Crippen molar-refractivity contribution >= 4 is 22.5 Å². The van der Waals surface area contributed by atoms with Gasteiger partial charge in [0.25, 0.3) is 0 Å². The van der Waals surface area contributed by atoms with Crippen LogP contribution in [0.1, 0.15) is 24.0 Å². The Morgan fingerprint density at radius 3 is 2.58 bits per heavy atom. The average molecular weight is 358 g/mol. The highest BCUT2D eigenvalue weighted by Crippen LogP contribution is 2.36. The molecule has 1 aromatic heterocycles. The van der Waals surface area contributed by atoms with Gasteiger partial charge in [-0.25, -0.2) is 4.98 Å². The molecule has 0 radical (unpaired) electrons. The molecule has 0 atom stereocenters. The van der Waals surface area contributed by atoms with Crippen LogP contribution in [0.15, 0.2) is 48.7 Å². The van der Waals surface area contributed by atoms with Crippen molar-refractivity contribution < 1.29 is 13.2 Å². The minimum absolute atomic E-state index is 0.0666. The number of benzene rings is 2. The van der Waals surface area contributed by atoms with Crippen molar-refractivity contribution in [2.45, 2.75) is 31.6 Å². The zero-order chi connectivity index (χ0) is 18.1. The largest absolute Gasteiger partial charge is 0.421 e. The first-order valence-electron chi connectivity index (χ1n) is 8.42. The Kier molecular flexibility index (Phi) is 4.14. The maximum atomic E-state index is 13.1. The molecule has 4 rings (SSSR count). The number of hydrogen-bond donors (Lipinski definition) is 2. The molecule has 0 aliphatic heterocycles. The van der Waals surface area contributed by atoms with Crippen molar-refractivity contribution in [2.24, 2.45) is 0 Å². The Labute approximate surface area is 148 Å². The van der Waals surface area contributed by atoms with Crippen LogP contribution in [0.5, 0.6) is 0 Å². The number of anilines is 2. The van der Waals surface area contributed by atoms with Crippen molar-refractivity contribution in [1.82, 2.24) is 9.97 Å². The lowest BCUT2D eigenvalue weighted by Gasteiger charge is -2.15. The molecule has 0 bridgehead atoms. The van der Waals surface area contributed by atoms with E-state index in [2.05, 4.69) is 20.6 Å². The molecular formula is C19H17F3N4. The van der Waals surface area contributed by atoms with Crippen molar-refractivity contribution in [2.75, 3.05) is 10.6 Å². The van der Waals surface area contributed by atoms with E-state index in [1.165, 1.54) is 0 Å². The minimum Gasteiger partial charge on any atom is -0.367 e. The topological polar surface area (TPSA) is 49.8 Å². The van der Waals surface area contributed by atoms with E-state index in [-0.39, 0.29) is 17.8 Å². The fraction of sp³-hybridized carbons (Fsp3) is 0.263. The van der Waals surface area contributed by atoms with Gasteiger partial charge in [-0.3, -0.25) is 0 Å². The van der Waals surface area contributed by atoms with Gasteiger partial charge in [-0.1, -0.05) is 42.5 Å². The number of rotatable bonds is 5. The van der Waals surface area contributed by atoms with E-state index in [4.69, 9.17) is 0 Å². The third kappa shape index (κ3) is 3.56. The molecule has 1 fully saturated rings. The summed E-state index contributed by atoms with van der Waals surface area (Å²) >= 11 is 0. The highest BCUT2D eigenvalue weighted by molar-refractivity contribution is 5.85. The predicted molar refractivity (Wildman–Crippen MR) is 95.0 cm³/mol. The number of nitrogens with zero attached hydrogens (tertiary/aromatic N) is 2. The van der Waals surface area contributed by atoms with Crippen LogP contribution in [0.2, 0.25) is 0 Å². The van der Waals surface area contributed by atoms with E-state index >= 15 is 0 Å². The van der Waals surface area contributed by atoms with Gasteiger partial charge in [0.15, 0.2) is 0 Å². The van der Waals surface area contributed by atoms with Crippen molar-refractivity contribution in [3.8, 4) is 0 Å². The number of fused-ring (bicyclic) bond motifs is 1. The third-order valence-corrected chi connectivity index (χ3v) is 4.33. The normalized spacial score (nSPS) is 14.4. The lowest BCUT2D eigenvalue weighted by molar-refractivity contribution is -0.137. The van der Waals surface area contributed by atoms with Gasteiger partial charge in [0, 0.05) is 18.8 Å². The maximum Gasteiger partial charge on any atom is 0.421 e. The molecule has 0 amide bonds. The first-order chi connectivity index (χ1) is 12.5. The fourth-order valence-corrected chi connectivity index (χ4v) is 2.83. The lowest BCUT2D eigenvalue weighted by atomic mass is 10.0. The van der Waals surface area contributed by atoms with Gasteiger partial charge in [-0.2, -0.15) is 18.2 Å². The SMILES string of the molecule is FC(F)(F)c1cnc(NCc2cccc3ccccc23)nc1NC1CC1. The van der Waals surface area contributed by atoms with E-state index in [0.29, 0.717) is 6.54 Å². The Hall–Kier alpha value is -2.83. The molecule has 1 aliphatic carbocycles. The monoisotopic (exact) mass is 358 g/mol. The molecule has 7 heteroatoms. The standard InChI is InChI=1S/C19H17F3N4/c20-19(21,22)16-11-24-18(26-17(16)25-14-8-9-14)23-10-13-6-3-5-12-4-1-2-7-15(12)13/h1-7,11,14H,8-10H2,(H2,23,24,25,26). The summed E-state index contributed by atoms with van der Waals surface area (Å²) in [5.41, 5.74) is 0.198. The number of aromatic nitrogens is 2. The highest BCUT2D eigenvalue weighted by Gasteiger charge is 2.36. The van der Waals surface area contributed by atoms with Crippen LogP contribution in [0.4, 0.5) is 24.9 Å². The van der Waals surface area contributed by atoms with Crippen LogP contribution in [0.3, 0.4) is 0 Å². The van der Waals surface area contributed by atoms with Crippen LogP contribution >= 0.6 is 0 Å². The Balaban J connectivity index is 1.58. The molecule has 2 aromatic carbocycles. The highest BCUT2D eigenvalue weighted by atomic mass is 19.4. The van der Waals surface area contributed by atoms with Gasteiger partial charge in [0.2, 0.25) is 5.95 Å². The molecule has 26 heavy (non-hydrogen) atoms. The first-order valence-corrected chi connectivity index (χ1v) is 8.42.